The SMILES string of the molecule is COCCOCC1=NOCC(C)=C1. The van der Waals surface area contributed by atoms with Crippen LogP contribution in [0.3, 0.4) is 0 Å². The van der Waals surface area contributed by atoms with Crippen LogP contribution in [-0.4, -0.2) is 39.2 Å². The molecule has 0 aromatic rings. The number of hydrogen-bond acceptors (Lipinski definition) is 4. The molecule has 4 heteroatoms. The predicted molar refractivity (Wildman–Crippen MR) is 49.8 cm³/mol. The molecule has 0 aliphatic carbocycles. The quantitative estimate of drug-likeness (QED) is 0.599. The molecule has 0 N–H and O–H groups in total. The van der Waals surface area contributed by atoms with Gasteiger partial charge in [-0.25, -0.2) is 0 Å². The fraction of sp³-hybridized carbons (Fsp3) is 0.667. The third-order valence-corrected chi connectivity index (χ3v) is 1.57. The second kappa shape index (κ2) is 5.72. The van der Waals surface area contributed by atoms with E-state index in [1.54, 1.807) is 7.11 Å². The van der Waals surface area contributed by atoms with Crippen LogP contribution in [0.4, 0.5) is 0 Å². The molecule has 0 atom stereocenters. The van der Waals surface area contributed by atoms with Crippen molar-refractivity contribution < 1.29 is 14.3 Å². The van der Waals surface area contributed by atoms with E-state index in [1.807, 2.05) is 13.0 Å². The topological polar surface area (TPSA) is 40.0 Å². The van der Waals surface area contributed by atoms with Crippen molar-refractivity contribution in [2.75, 3.05) is 33.5 Å². The average Bonchev–Trinajstić information content (AvgIpc) is 2.13. The lowest BCUT2D eigenvalue weighted by Gasteiger charge is -2.10. The molecule has 74 valence electrons. The molecule has 13 heavy (non-hydrogen) atoms. The van der Waals surface area contributed by atoms with Gasteiger partial charge in [-0.05, 0) is 18.6 Å². The smallest absolute Gasteiger partial charge is 0.138 e. The first-order chi connectivity index (χ1) is 6.33. The van der Waals surface area contributed by atoms with Gasteiger partial charge in [0.15, 0.2) is 0 Å². The second-order valence-corrected chi connectivity index (χ2v) is 2.89. The lowest BCUT2D eigenvalue weighted by molar-refractivity contribution is 0.0872. The number of rotatable bonds is 5. The average molecular weight is 185 g/mol. The van der Waals surface area contributed by atoms with Crippen LogP contribution in [0.2, 0.25) is 0 Å². The largest absolute Gasteiger partial charge is 0.391 e. The summed E-state index contributed by atoms with van der Waals surface area (Å²) in [6.07, 6.45) is 1.98. The molecule has 0 aromatic heterocycles. The summed E-state index contributed by atoms with van der Waals surface area (Å²) in [5.74, 6) is 0. The number of oxime groups is 1. The maximum absolute atomic E-state index is 5.28. The Hall–Kier alpha value is -0.870. The van der Waals surface area contributed by atoms with Crippen molar-refractivity contribution in [3.8, 4) is 0 Å². The van der Waals surface area contributed by atoms with E-state index in [1.165, 1.54) is 5.57 Å². The highest BCUT2D eigenvalue weighted by Crippen LogP contribution is 2.02. The molecule has 0 radical (unpaired) electrons. The molecule has 1 rings (SSSR count). The third-order valence-electron chi connectivity index (χ3n) is 1.57. The Balaban J connectivity index is 2.18. The molecule has 4 nitrogen and oxygen atoms in total. The van der Waals surface area contributed by atoms with Gasteiger partial charge < -0.3 is 14.3 Å². The molecular weight excluding hydrogens is 170 g/mol. The maximum Gasteiger partial charge on any atom is 0.138 e. The molecule has 0 unspecified atom stereocenters. The van der Waals surface area contributed by atoms with Crippen molar-refractivity contribution in [3.05, 3.63) is 11.6 Å². The second-order valence-electron chi connectivity index (χ2n) is 2.89. The number of nitrogens with zero attached hydrogens (tertiary/aromatic N) is 1. The number of ether oxygens (including phenoxy) is 2. The summed E-state index contributed by atoms with van der Waals surface area (Å²) in [7, 11) is 1.65. The highest BCUT2D eigenvalue weighted by molar-refractivity contribution is 5.96. The zero-order valence-corrected chi connectivity index (χ0v) is 8.08. The molecule has 1 aliphatic heterocycles. The Morgan fingerprint density at radius 1 is 1.54 bits per heavy atom. The Labute approximate surface area is 78.2 Å². The zero-order chi connectivity index (χ0) is 9.52. The predicted octanol–water partition coefficient (Wildman–Crippen LogP) is 0.982. The van der Waals surface area contributed by atoms with E-state index >= 15 is 0 Å². The Morgan fingerprint density at radius 3 is 3.08 bits per heavy atom. The van der Waals surface area contributed by atoms with Crippen LogP contribution < -0.4 is 0 Å². The minimum Gasteiger partial charge on any atom is -0.391 e. The molecule has 0 saturated carbocycles. The molecule has 1 heterocycles. The summed E-state index contributed by atoms with van der Waals surface area (Å²) in [5, 5.41) is 3.85. The number of methoxy groups -OCH3 is 1. The van der Waals surface area contributed by atoms with Crippen molar-refractivity contribution in [1.82, 2.24) is 0 Å². The molecule has 0 amide bonds. The van der Waals surface area contributed by atoms with Crippen molar-refractivity contribution in [3.63, 3.8) is 0 Å². The summed E-state index contributed by atoms with van der Waals surface area (Å²) in [6.45, 7) is 4.27. The summed E-state index contributed by atoms with van der Waals surface area (Å²) >= 11 is 0. The van der Waals surface area contributed by atoms with E-state index in [0.717, 1.165) is 5.71 Å². The monoisotopic (exact) mass is 185 g/mol. The van der Waals surface area contributed by atoms with Crippen LogP contribution in [0.5, 0.6) is 0 Å². The summed E-state index contributed by atoms with van der Waals surface area (Å²) < 4.78 is 10.1. The third kappa shape index (κ3) is 4.05. The Morgan fingerprint density at radius 2 is 2.38 bits per heavy atom. The van der Waals surface area contributed by atoms with Crippen molar-refractivity contribution in [2.24, 2.45) is 5.16 Å². The van der Waals surface area contributed by atoms with E-state index in [4.69, 9.17) is 14.3 Å². The minimum absolute atomic E-state index is 0.487. The van der Waals surface area contributed by atoms with E-state index in [-0.39, 0.29) is 0 Å². The maximum atomic E-state index is 5.28. The van der Waals surface area contributed by atoms with Gasteiger partial charge in [-0.15, -0.1) is 0 Å². The van der Waals surface area contributed by atoms with Crippen LogP contribution in [0, 0.1) is 0 Å². The van der Waals surface area contributed by atoms with E-state index < -0.39 is 0 Å². The van der Waals surface area contributed by atoms with Crippen LogP contribution in [-0.2, 0) is 14.3 Å². The molecular formula is C9H15NO3. The zero-order valence-electron chi connectivity index (χ0n) is 8.08. The van der Waals surface area contributed by atoms with Gasteiger partial charge in [-0.2, -0.15) is 0 Å². The van der Waals surface area contributed by atoms with Gasteiger partial charge in [-0.3, -0.25) is 0 Å². The Kier molecular flexibility index (Phi) is 4.49. The minimum atomic E-state index is 0.487. The van der Waals surface area contributed by atoms with Crippen molar-refractivity contribution in [2.45, 2.75) is 6.92 Å². The van der Waals surface area contributed by atoms with Crippen LogP contribution >= 0.6 is 0 Å². The lowest BCUT2D eigenvalue weighted by Crippen LogP contribution is -2.14. The summed E-state index contributed by atoms with van der Waals surface area (Å²) in [5.41, 5.74) is 2.00. The van der Waals surface area contributed by atoms with Gasteiger partial charge in [0, 0.05) is 7.11 Å². The lowest BCUT2D eigenvalue weighted by atomic mass is 10.2. The highest BCUT2D eigenvalue weighted by atomic mass is 16.6. The molecule has 0 saturated heterocycles. The highest BCUT2D eigenvalue weighted by Gasteiger charge is 2.04. The van der Waals surface area contributed by atoms with Crippen molar-refractivity contribution in [1.29, 1.82) is 0 Å². The molecule has 0 fully saturated rings. The van der Waals surface area contributed by atoms with Gasteiger partial charge in [-0.1, -0.05) is 5.16 Å². The van der Waals surface area contributed by atoms with Crippen molar-refractivity contribution >= 4 is 5.71 Å². The summed E-state index contributed by atoms with van der Waals surface area (Å²) in [6, 6.07) is 0. The Bertz CT molecular complexity index is 211. The fourth-order valence-electron chi connectivity index (χ4n) is 0.956. The molecule has 1 aliphatic rings. The van der Waals surface area contributed by atoms with Crippen LogP contribution in [0.25, 0.3) is 0 Å². The van der Waals surface area contributed by atoms with Gasteiger partial charge in [0.05, 0.1) is 19.8 Å². The normalized spacial score (nSPS) is 16.2. The standard InChI is InChI=1S/C9H15NO3/c1-8-5-9(10-13-6-8)7-12-4-3-11-2/h5H,3-4,6-7H2,1-2H3. The van der Waals surface area contributed by atoms with Gasteiger partial charge >= 0.3 is 0 Å². The first-order valence-electron chi connectivity index (χ1n) is 4.25. The first-order valence-corrected chi connectivity index (χ1v) is 4.25. The van der Waals surface area contributed by atoms with Crippen LogP contribution in [0.1, 0.15) is 6.92 Å². The van der Waals surface area contributed by atoms with Gasteiger partial charge in [0.2, 0.25) is 0 Å². The molecule has 0 spiro atoms. The first kappa shape index (κ1) is 10.2. The van der Waals surface area contributed by atoms with E-state index in [9.17, 15) is 0 Å². The van der Waals surface area contributed by atoms with E-state index in [0.29, 0.717) is 26.4 Å². The van der Waals surface area contributed by atoms with Gasteiger partial charge in [0.25, 0.3) is 0 Å². The fourth-order valence-corrected chi connectivity index (χ4v) is 0.956. The van der Waals surface area contributed by atoms with Crippen LogP contribution in [0.15, 0.2) is 16.8 Å². The van der Waals surface area contributed by atoms with Gasteiger partial charge in [0.1, 0.15) is 12.3 Å². The number of hydrogen-bond donors (Lipinski definition) is 0. The molecule has 0 bridgehead atoms. The van der Waals surface area contributed by atoms with E-state index in [2.05, 4.69) is 5.16 Å². The summed E-state index contributed by atoms with van der Waals surface area (Å²) in [4.78, 5) is 4.96. The molecule has 0 aromatic carbocycles.